The summed E-state index contributed by atoms with van der Waals surface area (Å²) in [6.45, 7) is 5.94. The van der Waals surface area contributed by atoms with E-state index in [1.54, 1.807) is 12.4 Å². The Morgan fingerprint density at radius 1 is 1.57 bits per heavy atom. The van der Waals surface area contributed by atoms with Crippen molar-refractivity contribution in [2.45, 2.75) is 19.4 Å². The van der Waals surface area contributed by atoms with E-state index in [9.17, 15) is 4.79 Å². The predicted molar refractivity (Wildman–Crippen MR) is 82.6 cm³/mol. The van der Waals surface area contributed by atoms with Gasteiger partial charge in [0.05, 0.1) is 24.0 Å². The molecule has 0 spiro atoms. The number of nitrogens with zero attached hydrogens (tertiary/aromatic N) is 2. The molecule has 116 valence electrons. The lowest BCUT2D eigenvalue weighted by Gasteiger charge is -2.30. The Morgan fingerprint density at radius 2 is 2.43 bits per heavy atom. The molecule has 1 atom stereocenters. The monoisotopic (exact) mass is 292 g/mol. The van der Waals surface area contributed by atoms with Crippen molar-refractivity contribution in [1.29, 1.82) is 0 Å². The first-order valence-corrected chi connectivity index (χ1v) is 7.47. The van der Waals surface area contributed by atoms with E-state index in [4.69, 9.17) is 4.74 Å². The van der Waals surface area contributed by atoms with Gasteiger partial charge >= 0.3 is 0 Å². The summed E-state index contributed by atoms with van der Waals surface area (Å²) in [6.07, 6.45) is 4.34. The van der Waals surface area contributed by atoms with Crippen LogP contribution in [0.3, 0.4) is 0 Å². The van der Waals surface area contributed by atoms with Crippen LogP contribution in [0.5, 0.6) is 0 Å². The van der Waals surface area contributed by atoms with Crippen molar-refractivity contribution >= 4 is 11.6 Å². The van der Waals surface area contributed by atoms with E-state index in [1.807, 2.05) is 6.07 Å². The Kier molecular flexibility index (Phi) is 5.95. The Bertz CT molecular complexity index is 467. The minimum atomic E-state index is -0.112. The SMILES string of the molecule is CCCNc1ccncc1C(=O)NCC1CN(C)CCO1. The van der Waals surface area contributed by atoms with Crippen LogP contribution in [0.2, 0.25) is 0 Å². The normalized spacial score (nSPS) is 19.2. The molecule has 0 saturated carbocycles. The second-order valence-corrected chi connectivity index (χ2v) is 5.31. The Balaban J connectivity index is 1.90. The summed E-state index contributed by atoms with van der Waals surface area (Å²) >= 11 is 0. The largest absolute Gasteiger partial charge is 0.384 e. The summed E-state index contributed by atoms with van der Waals surface area (Å²) in [5.74, 6) is -0.112. The van der Waals surface area contributed by atoms with Crippen LogP contribution in [-0.2, 0) is 4.74 Å². The topological polar surface area (TPSA) is 66.5 Å². The highest BCUT2D eigenvalue weighted by atomic mass is 16.5. The molecule has 1 aliphatic rings. The van der Waals surface area contributed by atoms with Crippen LogP contribution in [-0.4, -0.2) is 61.7 Å². The first-order valence-electron chi connectivity index (χ1n) is 7.47. The molecule has 2 rings (SSSR count). The third kappa shape index (κ3) is 4.68. The highest BCUT2D eigenvalue weighted by Gasteiger charge is 2.19. The van der Waals surface area contributed by atoms with Crippen molar-refractivity contribution in [3.63, 3.8) is 0 Å². The number of ether oxygens (including phenoxy) is 1. The standard InChI is InChI=1S/C15H24N4O2/c1-3-5-17-14-4-6-16-10-13(14)15(20)18-9-12-11-19(2)7-8-21-12/h4,6,10,12H,3,5,7-9,11H2,1-2H3,(H,16,17)(H,18,20). The van der Waals surface area contributed by atoms with Crippen molar-refractivity contribution in [2.24, 2.45) is 0 Å². The van der Waals surface area contributed by atoms with Crippen LogP contribution >= 0.6 is 0 Å². The lowest BCUT2D eigenvalue weighted by Crippen LogP contribution is -2.46. The number of carbonyl (C=O) groups is 1. The summed E-state index contributed by atoms with van der Waals surface area (Å²) in [7, 11) is 2.06. The van der Waals surface area contributed by atoms with Gasteiger partial charge in [0.25, 0.3) is 5.91 Å². The number of anilines is 1. The zero-order chi connectivity index (χ0) is 15.1. The van der Waals surface area contributed by atoms with E-state index in [0.717, 1.165) is 31.7 Å². The first-order chi connectivity index (χ1) is 10.2. The van der Waals surface area contributed by atoms with Gasteiger partial charge in [-0.2, -0.15) is 0 Å². The van der Waals surface area contributed by atoms with E-state index in [0.29, 0.717) is 18.7 Å². The fourth-order valence-electron chi connectivity index (χ4n) is 2.28. The minimum absolute atomic E-state index is 0.0522. The van der Waals surface area contributed by atoms with Crippen LogP contribution in [0.1, 0.15) is 23.7 Å². The number of hydrogen-bond donors (Lipinski definition) is 2. The van der Waals surface area contributed by atoms with Crippen molar-refractivity contribution in [3.05, 3.63) is 24.0 Å². The number of nitrogens with one attached hydrogen (secondary N) is 2. The fraction of sp³-hybridized carbons (Fsp3) is 0.600. The molecule has 2 N–H and O–H groups in total. The van der Waals surface area contributed by atoms with Crippen molar-refractivity contribution < 1.29 is 9.53 Å². The van der Waals surface area contributed by atoms with Crippen molar-refractivity contribution in [1.82, 2.24) is 15.2 Å². The molecule has 0 radical (unpaired) electrons. The lowest BCUT2D eigenvalue weighted by atomic mass is 10.2. The maximum atomic E-state index is 12.3. The minimum Gasteiger partial charge on any atom is -0.384 e. The van der Waals surface area contributed by atoms with E-state index < -0.39 is 0 Å². The third-order valence-electron chi connectivity index (χ3n) is 3.46. The molecule has 2 heterocycles. The number of rotatable bonds is 6. The Morgan fingerprint density at radius 3 is 3.19 bits per heavy atom. The predicted octanol–water partition coefficient (Wildman–Crippen LogP) is 0.964. The van der Waals surface area contributed by atoms with E-state index in [1.165, 1.54) is 0 Å². The molecule has 0 bridgehead atoms. The van der Waals surface area contributed by atoms with Crippen LogP contribution in [0.4, 0.5) is 5.69 Å². The van der Waals surface area contributed by atoms with Gasteiger partial charge in [-0.1, -0.05) is 6.92 Å². The van der Waals surface area contributed by atoms with E-state index in [-0.39, 0.29) is 12.0 Å². The maximum absolute atomic E-state index is 12.3. The molecule has 1 amide bonds. The number of aromatic nitrogens is 1. The number of morpholine rings is 1. The maximum Gasteiger partial charge on any atom is 0.255 e. The van der Waals surface area contributed by atoms with Gasteiger partial charge in [0.15, 0.2) is 0 Å². The quantitative estimate of drug-likeness (QED) is 0.817. The second kappa shape index (κ2) is 7.95. The third-order valence-corrected chi connectivity index (χ3v) is 3.46. The van der Waals surface area contributed by atoms with Gasteiger partial charge in [-0.05, 0) is 19.5 Å². The molecular weight excluding hydrogens is 268 g/mol. The molecule has 1 fully saturated rings. The molecule has 1 aromatic heterocycles. The summed E-state index contributed by atoms with van der Waals surface area (Å²) < 4.78 is 5.64. The Hall–Kier alpha value is -1.66. The molecule has 0 aromatic carbocycles. The summed E-state index contributed by atoms with van der Waals surface area (Å²) in [5.41, 5.74) is 1.40. The summed E-state index contributed by atoms with van der Waals surface area (Å²) in [6, 6.07) is 1.83. The Labute approximate surface area is 125 Å². The zero-order valence-corrected chi connectivity index (χ0v) is 12.8. The smallest absolute Gasteiger partial charge is 0.255 e. The lowest BCUT2D eigenvalue weighted by molar-refractivity contribution is -0.0175. The molecular formula is C15H24N4O2. The molecule has 1 unspecified atom stereocenters. The van der Waals surface area contributed by atoms with Gasteiger partial charge in [-0.15, -0.1) is 0 Å². The summed E-state index contributed by atoms with van der Waals surface area (Å²) in [4.78, 5) is 18.5. The van der Waals surface area contributed by atoms with Crippen LogP contribution in [0.25, 0.3) is 0 Å². The molecule has 0 aliphatic carbocycles. The van der Waals surface area contributed by atoms with Gasteiger partial charge in [0.2, 0.25) is 0 Å². The molecule has 6 nitrogen and oxygen atoms in total. The van der Waals surface area contributed by atoms with Crippen LogP contribution < -0.4 is 10.6 Å². The molecule has 6 heteroatoms. The molecule has 21 heavy (non-hydrogen) atoms. The average molecular weight is 292 g/mol. The van der Waals surface area contributed by atoms with E-state index in [2.05, 4.69) is 34.5 Å². The van der Waals surface area contributed by atoms with Gasteiger partial charge in [0, 0.05) is 38.6 Å². The fourth-order valence-corrected chi connectivity index (χ4v) is 2.28. The molecule has 1 aromatic rings. The van der Waals surface area contributed by atoms with E-state index >= 15 is 0 Å². The van der Waals surface area contributed by atoms with Gasteiger partial charge in [-0.25, -0.2) is 0 Å². The molecule has 1 aliphatic heterocycles. The van der Waals surface area contributed by atoms with Crippen molar-refractivity contribution in [2.75, 3.05) is 45.2 Å². The number of carbonyl (C=O) groups excluding carboxylic acids is 1. The highest BCUT2D eigenvalue weighted by Crippen LogP contribution is 2.13. The van der Waals surface area contributed by atoms with Crippen molar-refractivity contribution in [3.8, 4) is 0 Å². The number of pyridine rings is 1. The number of likely N-dealkylation sites (N-methyl/N-ethyl adjacent to an activating group) is 1. The average Bonchev–Trinajstić information content (AvgIpc) is 2.51. The zero-order valence-electron chi connectivity index (χ0n) is 12.8. The summed E-state index contributed by atoms with van der Waals surface area (Å²) in [5, 5.41) is 6.18. The van der Waals surface area contributed by atoms with Crippen LogP contribution in [0, 0.1) is 0 Å². The highest BCUT2D eigenvalue weighted by molar-refractivity contribution is 5.99. The molecule has 1 saturated heterocycles. The van der Waals surface area contributed by atoms with Gasteiger partial charge in [-0.3, -0.25) is 9.78 Å². The number of amides is 1. The number of hydrogen-bond acceptors (Lipinski definition) is 5. The first kappa shape index (κ1) is 15.7. The second-order valence-electron chi connectivity index (χ2n) is 5.31. The van der Waals surface area contributed by atoms with Gasteiger partial charge in [0.1, 0.15) is 0 Å². The van der Waals surface area contributed by atoms with Crippen LogP contribution in [0.15, 0.2) is 18.5 Å². The van der Waals surface area contributed by atoms with Gasteiger partial charge < -0.3 is 20.3 Å².